The highest BCUT2D eigenvalue weighted by Gasteiger charge is 2.20. The minimum Gasteiger partial charge on any atom is -0.465 e. The number of ether oxygens (including phenoxy) is 1. The van der Waals surface area contributed by atoms with Gasteiger partial charge in [-0.05, 0) is 25.8 Å². The average molecular weight is 320 g/mol. The maximum Gasteiger partial charge on any atom is 0.316 e. The Morgan fingerprint density at radius 2 is 1.86 bits per heavy atom. The Morgan fingerprint density at radius 1 is 1.18 bits per heavy atom. The fourth-order valence-electron chi connectivity index (χ4n) is 2.62. The molecule has 0 atom stereocenters. The van der Waals surface area contributed by atoms with Gasteiger partial charge in [0.25, 0.3) is 0 Å². The van der Waals surface area contributed by atoms with Gasteiger partial charge in [0, 0.05) is 12.8 Å². The van der Waals surface area contributed by atoms with E-state index in [2.05, 4.69) is 35.8 Å². The van der Waals surface area contributed by atoms with Crippen LogP contribution in [0.3, 0.4) is 0 Å². The quantitative estimate of drug-likeness (QED) is 0.473. The molecule has 0 saturated carbocycles. The smallest absolute Gasteiger partial charge is 0.316 e. The van der Waals surface area contributed by atoms with E-state index in [1.54, 1.807) is 11.8 Å². The first kappa shape index (κ1) is 17.1. The van der Waals surface area contributed by atoms with Crippen LogP contribution in [0.5, 0.6) is 0 Å². The number of piperidine rings is 1. The molecule has 1 aliphatic heterocycles. The number of benzene rings is 1. The number of aryl methyl sites for hydroxylation is 1. The minimum atomic E-state index is -0.120. The molecule has 22 heavy (non-hydrogen) atoms. The third kappa shape index (κ3) is 5.48. The number of hydrogen-bond donors (Lipinski definition) is 0. The number of nitrogens with zero attached hydrogens (tertiary/aromatic N) is 1. The topological polar surface area (TPSA) is 29.3 Å². The van der Waals surface area contributed by atoms with E-state index in [0.717, 1.165) is 19.5 Å². The lowest BCUT2D eigenvalue weighted by Crippen LogP contribution is -2.27. The van der Waals surface area contributed by atoms with Crippen molar-refractivity contribution in [1.29, 1.82) is 0 Å². The summed E-state index contributed by atoms with van der Waals surface area (Å²) in [5.74, 6) is 0.289. The van der Waals surface area contributed by atoms with Crippen LogP contribution in [0.1, 0.15) is 37.3 Å². The maximum absolute atomic E-state index is 11.7. The first-order valence-electron chi connectivity index (χ1n) is 8.13. The Balaban J connectivity index is 2.07. The zero-order chi connectivity index (χ0) is 15.8. The average Bonchev–Trinajstić information content (AvgIpc) is 2.54. The molecule has 1 aromatic carbocycles. The molecule has 0 bridgehead atoms. The van der Waals surface area contributed by atoms with Gasteiger partial charge in [-0.25, -0.2) is 4.58 Å². The van der Waals surface area contributed by atoms with Crippen molar-refractivity contribution < 1.29 is 14.1 Å². The minimum absolute atomic E-state index is 0.120. The molecular formula is C18H26NO2S+. The molecule has 0 amide bonds. The van der Waals surface area contributed by atoms with Crippen LogP contribution in [0.2, 0.25) is 0 Å². The van der Waals surface area contributed by atoms with Gasteiger partial charge in [0.1, 0.15) is 18.8 Å². The fraction of sp³-hybridized carbons (Fsp3) is 0.556. The Morgan fingerprint density at radius 3 is 2.50 bits per heavy atom. The number of esters is 1. The third-order valence-electron chi connectivity index (χ3n) is 3.85. The second kappa shape index (κ2) is 8.99. The van der Waals surface area contributed by atoms with Crippen molar-refractivity contribution in [2.75, 3.05) is 25.4 Å². The van der Waals surface area contributed by atoms with Gasteiger partial charge < -0.3 is 4.74 Å². The van der Waals surface area contributed by atoms with E-state index >= 15 is 0 Å². The van der Waals surface area contributed by atoms with Gasteiger partial charge in [0.2, 0.25) is 5.04 Å². The Bertz CT molecular complexity index is 514. The number of carbonyl (C=O) groups is 1. The van der Waals surface area contributed by atoms with Crippen LogP contribution in [0.4, 0.5) is 0 Å². The molecule has 0 aliphatic carbocycles. The van der Waals surface area contributed by atoms with Crippen molar-refractivity contribution in [2.45, 2.75) is 39.5 Å². The van der Waals surface area contributed by atoms with Gasteiger partial charge in [-0.2, -0.15) is 0 Å². The Hall–Kier alpha value is -1.29. The number of thioether (sulfide) groups is 1. The summed E-state index contributed by atoms with van der Waals surface area (Å²) in [5, 5.41) is 1.30. The molecule has 1 aliphatic rings. The lowest BCUT2D eigenvalue weighted by Gasteiger charge is -2.14. The summed E-state index contributed by atoms with van der Waals surface area (Å²) in [4.78, 5) is 11.7. The molecule has 2 rings (SSSR count). The molecule has 120 valence electrons. The highest BCUT2D eigenvalue weighted by Crippen LogP contribution is 2.15. The van der Waals surface area contributed by atoms with E-state index < -0.39 is 0 Å². The maximum atomic E-state index is 11.7. The van der Waals surface area contributed by atoms with Gasteiger partial charge in [-0.15, -0.1) is 0 Å². The van der Waals surface area contributed by atoms with Crippen molar-refractivity contribution in [2.24, 2.45) is 0 Å². The van der Waals surface area contributed by atoms with Crippen LogP contribution >= 0.6 is 11.8 Å². The largest absolute Gasteiger partial charge is 0.465 e. The Labute approximate surface area is 137 Å². The summed E-state index contributed by atoms with van der Waals surface area (Å²) < 4.78 is 7.51. The van der Waals surface area contributed by atoms with E-state index in [9.17, 15) is 4.79 Å². The molecule has 0 spiro atoms. The molecule has 4 heteroatoms. The fourth-order valence-corrected chi connectivity index (χ4v) is 3.62. The molecule has 1 saturated heterocycles. The standard InChI is InChI=1S/C18H26NO2S/c1-3-21-18(20)14-22-17(19-11-5-4-6-12-19)13-16-9-7-15(2)8-10-16/h7-10H,3-6,11-14H2,1-2H3/q+1. The van der Waals surface area contributed by atoms with Crippen LogP contribution in [0, 0.1) is 6.92 Å². The molecule has 1 fully saturated rings. The van der Waals surface area contributed by atoms with Crippen molar-refractivity contribution in [3.05, 3.63) is 35.4 Å². The predicted octanol–water partition coefficient (Wildman–Crippen LogP) is 3.43. The summed E-state index contributed by atoms with van der Waals surface area (Å²) in [5.41, 5.74) is 2.59. The summed E-state index contributed by atoms with van der Waals surface area (Å²) in [6.07, 6.45) is 4.72. The summed E-state index contributed by atoms with van der Waals surface area (Å²) in [6, 6.07) is 8.67. The van der Waals surface area contributed by atoms with Gasteiger partial charge in [-0.1, -0.05) is 41.6 Å². The van der Waals surface area contributed by atoms with E-state index in [1.165, 1.54) is 35.4 Å². The molecule has 0 N–H and O–H groups in total. The number of hydrogen-bond acceptors (Lipinski definition) is 3. The van der Waals surface area contributed by atoms with Crippen LogP contribution in [-0.4, -0.2) is 41.0 Å². The predicted molar refractivity (Wildman–Crippen MR) is 92.8 cm³/mol. The summed E-state index contributed by atoms with van der Waals surface area (Å²) in [7, 11) is 0. The first-order valence-corrected chi connectivity index (χ1v) is 9.12. The molecular weight excluding hydrogens is 294 g/mol. The normalized spacial score (nSPS) is 14.7. The van der Waals surface area contributed by atoms with Crippen molar-refractivity contribution in [1.82, 2.24) is 0 Å². The number of carbonyl (C=O) groups excluding carboxylic acids is 1. The summed E-state index contributed by atoms with van der Waals surface area (Å²) in [6.45, 7) is 6.63. The SMILES string of the molecule is CCOC(=O)CSC(Cc1ccc(C)cc1)=[N+]1CCCCC1. The molecule has 1 aromatic rings. The molecule has 0 unspecified atom stereocenters. The summed E-state index contributed by atoms with van der Waals surface area (Å²) >= 11 is 1.64. The highest BCUT2D eigenvalue weighted by atomic mass is 32.2. The van der Waals surface area contributed by atoms with E-state index in [4.69, 9.17) is 4.74 Å². The number of rotatable bonds is 5. The van der Waals surface area contributed by atoms with Gasteiger partial charge in [0.05, 0.1) is 13.0 Å². The lowest BCUT2D eigenvalue weighted by atomic mass is 10.1. The zero-order valence-corrected chi connectivity index (χ0v) is 14.5. The van der Waals surface area contributed by atoms with Gasteiger partial charge in [0.15, 0.2) is 0 Å². The first-order chi connectivity index (χ1) is 10.7. The molecule has 3 nitrogen and oxygen atoms in total. The van der Waals surface area contributed by atoms with Crippen LogP contribution in [-0.2, 0) is 16.0 Å². The van der Waals surface area contributed by atoms with Crippen LogP contribution < -0.4 is 0 Å². The van der Waals surface area contributed by atoms with E-state index in [1.807, 2.05) is 6.92 Å². The van der Waals surface area contributed by atoms with Crippen molar-refractivity contribution >= 4 is 22.8 Å². The monoisotopic (exact) mass is 320 g/mol. The van der Waals surface area contributed by atoms with E-state index in [0.29, 0.717) is 12.4 Å². The van der Waals surface area contributed by atoms with Crippen LogP contribution in [0.25, 0.3) is 0 Å². The third-order valence-corrected chi connectivity index (χ3v) is 4.96. The van der Waals surface area contributed by atoms with Crippen LogP contribution in [0.15, 0.2) is 24.3 Å². The lowest BCUT2D eigenvalue weighted by molar-refractivity contribution is -0.535. The Kier molecular flexibility index (Phi) is 6.97. The van der Waals surface area contributed by atoms with E-state index in [-0.39, 0.29) is 5.97 Å². The van der Waals surface area contributed by atoms with Gasteiger partial charge >= 0.3 is 5.97 Å². The second-order valence-electron chi connectivity index (χ2n) is 5.70. The zero-order valence-electron chi connectivity index (χ0n) is 13.6. The van der Waals surface area contributed by atoms with Crippen molar-refractivity contribution in [3.8, 4) is 0 Å². The molecule has 0 aromatic heterocycles. The van der Waals surface area contributed by atoms with Gasteiger partial charge in [-0.3, -0.25) is 4.79 Å². The van der Waals surface area contributed by atoms with Crippen molar-refractivity contribution in [3.63, 3.8) is 0 Å². The molecule has 1 heterocycles. The highest BCUT2D eigenvalue weighted by molar-refractivity contribution is 8.14. The molecule has 0 radical (unpaired) electrons. The second-order valence-corrected chi connectivity index (χ2v) is 6.75.